The molecule has 1 fully saturated rings. The number of thiophene rings is 1. The lowest BCUT2D eigenvalue weighted by Crippen LogP contribution is -2.29. The van der Waals surface area contributed by atoms with Gasteiger partial charge in [-0.25, -0.2) is 0 Å². The van der Waals surface area contributed by atoms with Crippen molar-refractivity contribution in [1.82, 2.24) is 4.90 Å². The van der Waals surface area contributed by atoms with Gasteiger partial charge in [0.25, 0.3) is 11.6 Å². The minimum Gasteiger partial charge on any atom is -0.481 e. The van der Waals surface area contributed by atoms with Crippen LogP contribution in [0.2, 0.25) is 0 Å². The molecule has 1 aromatic carbocycles. The molecule has 2 aromatic rings. The van der Waals surface area contributed by atoms with Gasteiger partial charge >= 0.3 is 5.97 Å². The van der Waals surface area contributed by atoms with Crippen LogP contribution in [0.5, 0.6) is 0 Å². The van der Waals surface area contributed by atoms with Crippen molar-refractivity contribution in [2.75, 3.05) is 6.54 Å². The number of benzene rings is 1. The minimum atomic E-state index is -0.816. The molecule has 1 saturated heterocycles. The second-order valence-electron chi connectivity index (χ2n) is 6.55. The van der Waals surface area contributed by atoms with Crippen molar-refractivity contribution in [3.63, 3.8) is 0 Å². The highest BCUT2D eigenvalue weighted by atomic mass is 32.2. The van der Waals surface area contributed by atoms with Crippen molar-refractivity contribution in [1.29, 1.82) is 0 Å². The van der Waals surface area contributed by atoms with Crippen LogP contribution in [0.25, 0.3) is 16.5 Å². The third-order valence-electron chi connectivity index (χ3n) is 4.39. The maximum atomic E-state index is 12.7. The first-order valence-electron chi connectivity index (χ1n) is 9.17. The second kappa shape index (κ2) is 9.96. The number of nitrogens with zero attached hydrogens (tertiary/aromatic N) is 2. The number of carboxylic acids is 1. The van der Waals surface area contributed by atoms with Crippen LogP contribution >= 0.6 is 35.3 Å². The zero-order valence-corrected chi connectivity index (χ0v) is 18.2. The van der Waals surface area contributed by atoms with Gasteiger partial charge in [0, 0.05) is 34.9 Å². The number of aliphatic carboxylic acids is 1. The maximum absolute atomic E-state index is 12.7. The summed E-state index contributed by atoms with van der Waals surface area (Å²) in [7, 11) is 0. The number of thiocarbonyl (C=S) groups is 1. The lowest BCUT2D eigenvalue weighted by atomic mass is 10.2. The van der Waals surface area contributed by atoms with E-state index in [-0.39, 0.29) is 18.0 Å². The first-order valence-corrected chi connectivity index (χ1v) is 11.2. The number of nitro groups is 1. The van der Waals surface area contributed by atoms with Crippen molar-refractivity contribution < 1.29 is 19.6 Å². The van der Waals surface area contributed by atoms with Crippen molar-refractivity contribution >= 4 is 63.3 Å². The Morgan fingerprint density at radius 1 is 1.23 bits per heavy atom. The van der Waals surface area contributed by atoms with Gasteiger partial charge in [0.05, 0.1) is 9.83 Å². The lowest BCUT2D eigenvalue weighted by Gasteiger charge is -2.13. The van der Waals surface area contributed by atoms with Crippen LogP contribution in [0.4, 0.5) is 5.69 Å². The predicted molar refractivity (Wildman–Crippen MR) is 122 cm³/mol. The van der Waals surface area contributed by atoms with Gasteiger partial charge in [-0.05, 0) is 36.6 Å². The molecule has 0 aliphatic carbocycles. The van der Waals surface area contributed by atoms with E-state index in [9.17, 15) is 19.7 Å². The maximum Gasteiger partial charge on any atom is 0.303 e. The van der Waals surface area contributed by atoms with Crippen LogP contribution in [-0.4, -0.2) is 37.7 Å². The van der Waals surface area contributed by atoms with E-state index < -0.39 is 10.9 Å². The summed E-state index contributed by atoms with van der Waals surface area (Å²) in [4.78, 5) is 37.6. The highest BCUT2D eigenvalue weighted by Gasteiger charge is 2.31. The van der Waals surface area contributed by atoms with Gasteiger partial charge in [0.2, 0.25) is 0 Å². The molecule has 10 heteroatoms. The molecule has 1 aliphatic heterocycles. The molecule has 1 aliphatic rings. The number of hydrogen-bond donors (Lipinski definition) is 1. The molecule has 0 atom stereocenters. The molecule has 0 spiro atoms. The molecule has 1 amide bonds. The molecule has 0 unspecified atom stereocenters. The Balaban J connectivity index is 1.65. The highest BCUT2D eigenvalue weighted by Crippen LogP contribution is 2.36. The van der Waals surface area contributed by atoms with Gasteiger partial charge in [-0.2, -0.15) is 0 Å². The average molecular weight is 463 g/mol. The number of unbranched alkanes of at least 4 members (excludes halogenated alkanes) is 2. The molecule has 0 radical (unpaired) electrons. The smallest absolute Gasteiger partial charge is 0.303 e. The van der Waals surface area contributed by atoms with Gasteiger partial charge in [0.1, 0.15) is 4.32 Å². The Labute approximate surface area is 186 Å². The van der Waals surface area contributed by atoms with Gasteiger partial charge in [-0.15, -0.1) is 11.3 Å². The number of rotatable bonds is 9. The number of carbonyl (C=O) groups excluding carboxylic acids is 1. The van der Waals surface area contributed by atoms with Gasteiger partial charge in [-0.3, -0.25) is 24.6 Å². The Kier molecular flexibility index (Phi) is 7.35. The fraction of sp³-hybridized carbons (Fsp3) is 0.250. The molecule has 0 saturated carbocycles. The van der Waals surface area contributed by atoms with E-state index in [0.717, 1.165) is 21.7 Å². The van der Waals surface area contributed by atoms with Crippen LogP contribution in [0.1, 0.15) is 30.6 Å². The van der Waals surface area contributed by atoms with E-state index in [1.165, 1.54) is 35.2 Å². The number of thioether (sulfide) groups is 1. The normalized spacial score (nSPS) is 15.2. The number of non-ortho nitro benzene ring substituents is 1. The Hall–Kier alpha value is -2.56. The van der Waals surface area contributed by atoms with E-state index in [1.54, 1.807) is 17.0 Å². The number of amides is 1. The third-order valence-corrected chi connectivity index (χ3v) is 6.85. The fourth-order valence-electron chi connectivity index (χ4n) is 2.90. The van der Waals surface area contributed by atoms with Crippen LogP contribution in [0.3, 0.4) is 0 Å². The average Bonchev–Trinajstić information content (AvgIpc) is 3.27. The molecule has 0 bridgehead atoms. The van der Waals surface area contributed by atoms with E-state index in [1.807, 2.05) is 18.2 Å². The summed E-state index contributed by atoms with van der Waals surface area (Å²) < 4.78 is 0.500. The van der Waals surface area contributed by atoms with Crippen LogP contribution in [0, 0.1) is 10.1 Å². The van der Waals surface area contributed by atoms with E-state index in [4.69, 9.17) is 17.3 Å². The minimum absolute atomic E-state index is 0.0340. The topological polar surface area (TPSA) is 101 Å². The standard InChI is InChI=1S/C20H18N2O5S3/c23-18(24)7-2-1-3-10-21-19(25)17(30-20(21)28)12-15-8-9-16(29-15)13-5-4-6-14(11-13)22(26)27/h4-6,8-9,11-12H,1-3,7,10H2,(H,23,24)/b17-12+. The molecular weight excluding hydrogens is 444 g/mol. The van der Waals surface area contributed by atoms with E-state index in [0.29, 0.717) is 28.6 Å². The molecule has 1 N–H and O–H groups in total. The van der Waals surface area contributed by atoms with Crippen molar-refractivity contribution in [2.45, 2.75) is 25.7 Å². The van der Waals surface area contributed by atoms with Crippen LogP contribution < -0.4 is 0 Å². The van der Waals surface area contributed by atoms with Gasteiger partial charge in [0.15, 0.2) is 0 Å². The monoisotopic (exact) mass is 462 g/mol. The Morgan fingerprint density at radius 2 is 2.03 bits per heavy atom. The molecule has 3 rings (SSSR count). The van der Waals surface area contributed by atoms with Crippen LogP contribution in [0.15, 0.2) is 41.3 Å². The molecule has 2 heterocycles. The number of hydrogen-bond acceptors (Lipinski definition) is 7. The van der Waals surface area contributed by atoms with Crippen LogP contribution in [-0.2, 0) is 9.59 Å². The Morgan fingerprint density at radius 3 is 2.77 bits per heavy atom. The quantitative estimate of drug-likeness (QED) is 0.180. The van der Waals surface area contributed by atoms with E-state index >= 15 is 0 Å². The zero-order valence-electron chi connectivity index (χ0n) is 15.8. The molecule has 30 heavy (non-hydrogen) atoms. The summed E-state index contributed by atoms with van der Waals surface area (Å²) in [6, 6.07) is 10.2. The molecule has 7 nitrogen and oxygen atoms in total. The number of carboxylic acid groups (broad SMARTS) is 1. The first kappa shape index (κ1) is 22.1. The highest BCUT2D eigenvalue weighted by molar-refractivity contribution is 8.26. The molecule has 156 valence electrons. The lowest BCUT2D eigenvalue weighted by molar-refractivity contribution is -0.384. The van der Waals surface area contributed by atoms with Crippen molar-refractivity contribution in [3.05, 3.63) is 56.3 Å². The summed E-state index contributed by atoms with van der Waals surface area (Å²) in [5.41, 5.74) is 0.787. The zero-order chi connectivity index (χ0) is 21.7. The summed E-state index contributed by atoms with van der Waals surface area (Å²) in [6.45, 7) is 0.477. The van der Waals surface area contributed by atoms with Gasteiger partial charge < -0.3 is 5.11 Å². The number of carbonyl (C=O) groups is 2. The third kappa shape index (κ3) is 5.53. The summed E-state index contributed by atoms with van der Waals surface area (Å²) >= 11 is 8.02. The largest absolute Gasteiger partial charge is 0.481 e. The predicted octanol–water partition coefficient (Wildman–Crippen LogP) is 5.17. The molecule has 1 aromatic heterocycles. The van der Waals surface area contributed by atoms with Crippen molar-refractivity contribution in [3.8, 4) is 10.4 Å². The fourth-order valence-corrected chi connectivity index (χ4v) is 5.22. The second-order valence-corrected chi connectivity index (χ2v) is 9.34. The van der Waals surface area contributed by atoms with E-state index in [2.05, 4.69) is 0 Å². The SMILES string of the molecule is O=C(O)CCCCCN1C(=O)/C(=C\c2ccc(-c3cccc([N+](=O)[O-])c3)s2)SC1=S. The summed E-state index contributed by atoms with van der Waals surface area (Å²) in [5, 5.41) is 19.6. The number of nitro benzene ring substituents is 1. The summed E-state index contributed by atoms with van der Waals surface area (Å²) in [6.07, 6.45) is 3.91. The van der Waals surface area contributed by atoms with Crippen molar-refractivity contribution in [2.24, 2.45) is 0 Å². The Bertz CT molecular complexity index is 1030. The first-order chi connectivity index (χ1) is 14.3. The van der Waals surface area contributed by atoms with Gasteiger partial charge in [-0.1, -0.05) is 42.5 Å². The summed E-state index contributed by atoms with van der Waals surface area (Å²) in [5.74, 6) is -0.961. The molecular formula is C20H18N2O5S3.